The van der Waals surface area contributed by atoms with Crippen LogP contribution in [0.4, 0.5) is 5.13 Å². The maximum absolute atomic E-state index is 12.7. The molecule has 0 aliphatic heterocycles. The molecule has 0 atom stereocenters. The van der Waals surface area contributed by atoms with Gasteiger partial charge in [-0.15, -0.1) is 11.3 Å². The number of rotatable bonds is 11. The predicted molar refractivity (Wildman–Crippen MR) is 158 cm³/mol. The zero-order valence-electron chi connectivity index (χ0n) is 22.6. The summed E-state index contributed by atoms with van der Waals surface area (Å²) < 4.78 is 37.3. The van der Waals surface area contributed by atoms with E-state index < -0.39 is 45.1 Å². The summed E-state index contributed by atoms with van der Waals surface area (Å²) in [4.78, 5) is 57.9. The molecule has 12 nitrogen and oxygen atoms in total. The number of benzene rings is 2. The Kier molecular flexibility index (Phi) is 9.98. The summed E-state index contributed by atoms with van der Waals surface area (Å²) in [6, 6.07) is 13.9. The molecular formula is C27H26N4O8S3. The standard InChI is InChI=1S/C27H26N4O8S3/c1-3-38-24(34)13-31-20-11-10-18(25(35)39-4-2)12-21(20)41-27(31)30-23(33)16-42(36,37)15-22(32)29-26-28-19(14-40-26)17-8-6-5-7-9-17/h5-12,14H,3-4,13,15-16H2,1-2H3,(H,28,29,32). The second-order valence-electron chi connectivity index (χ2n) is 8.67. The SMILES string of the molecule is CCOC(=O)Cn1c(=NC(=O)CS(=O)(=O)CC(=O)Nc2nc(-c3ccccc3)cs2)sc2cc(C(=O)OCC)ccc21. The summed E-state index contributed by atoms with van der Waals surface area (Å²) in [6.45, 7) is 3.34. The third-order valence-corrected chi connectivity index (χ3v) is 8.71. The molecule has 4 aromatic rings. The number of fused-ring (bicyclic) bond motifs is 1. The van der Waals surface area contributed by atoms with Crippen molar-refractivity contribution < 1.29 is 37.1 Å². The highest BCUT2D eigenvalue weighted by atomic mass is 32.2. The molecule has 2 aromatic carbocycles. The smallest absolute Gasteiger partial charge is 0.338 e. The maximum atomic E-state index is 12.7. The van der Waals surface area contributed by atoms with Crippen LogP contribution >= 0.6 is 22.7 Å². The van der Waals surface area contributed by atoms with Gasteiger partial charge in [-0.3, -0.25) is 14.4 Å². The first kappa shape index (κ1) is 30.7. The van der Waals surface area contributed by atoms with Crippen molar-refractivity contribution in [2.24, 2.45) is 4.99 Å². The average Bonchev–Trinajstić information content (AvgIpc) is 3.52. The first-order valence-corrected chi connectivity index (χ1v) is 16.1. The van der Waals surface area contributed by atoms with Gasteiger partial charge in [0.2, 0.25) is 5.91 Å². The van der Waals surface area contributed by atoms with Crippen LogP contribution in [0, 0.1) is 0 Å². The van der Waals surface area contributed by atoms with Crippen molar-refractivity contribution in [1.29, 1.82) is 0 Å². The first-order chi connectivity index (χ1) is 20.1. The van der Waals surface area contributed by atoms with Crippen molar-refractivity contribution in [2.45, 2.75) is 20.4 Å². The van der Waals surface area contributed by atoms with Crippen LogP contribution in [0.15, 0.2) is 58.9 Å². The zero-order chi connectivity index (χ0) is 30.3. The Morgan fingerprint density at radius 1 is 1.00 bits per heavy atom. The number of hydrogen-bond acceptors (Lipinski definition) is 11. The molecule has 2 amide bonds. The monoisotopic (exact) mass is 630 g/mol. The molecule has 0 bridgehead atoms. The van der Waals surface area contributed by atoms with E-state index in [0.717, 1.165) is 28.2 Å². The van der Waals surface area contributed by atoms with E-state index in [2.05, 4.69) is 15.3 Å². The largest absolute Gasteiger partial charge is 0.465 e. The highest BCUT2D eigenvalue weighted by molar-refractivity contribution is 7.92. The fourth-order valence-corrected chi connectivity index (χ4v) is 6.63. The Labute approximate surface area is 248 Å². The summed E-state index contributed by atoms with van der Waals surface area (Å²) >= 11 is 2.12. The van der Waals surface area contributed by atoms with E-state index in [1.54, 1.807) is 25.3 Å². The van der Waals surface area contributed by atoms with E-state index in [0.29, 0.717) is 15.9 Å². The van der Waals surface area contributed by atoms with Gasteiger partial charge < -0.3 is 19.4 Å². The van der Waals surface area contributed by atoms with Gasteiger partial charge in [0.25, 0.3) is 5.91 Å². The number of esters is 2. The van der Waals surface area contributed by atoms with Crippen molar-refractivity contribution in [3.8, 4) is 11.3 Å². The molecule has 0 unspecified atom stereocenters. The van der Waals surface area contributed by atoms with Crippen molar-refractivity contribution in [3.63, 3.8) is 0 Å². The minimum Gasteiger partial charge on any atom is -0.465 e. The summed E-state index contributed by atoms with van der Waals surface area (Å²) in [5.74, 6) is -5.00. The minimum absolute atomic E-state index is 0.0277. The number of carbonyl (C=O) groups is 4. The van der Waals surface area contributed by atoms with Gasteiger partial charge in [-0.1, -0.05) is 41.7 Å². The first-order valence-electron chi connectivity index (χ1n) is 12.6. The van der Waals surface area contributed by atoms with Crippen LogP contribution in [0.1, 0.15) is 24.2 Å². The van der Waals surface area contributed by atoms with E-state index in [-0.39, 0.29) is 35.3 Å². The molecule has 42 heavy (non-hydrogen) atoms. The maximum Gasteiger partial charge on any atom is 0.338 e. The number of hydrogen-bond donors (Lipinski definition) is 1. The van der Waals surface area contributed by atoms with Crippen molar-refractivity contribution >= 4 is 71.6 Å². The molecule has 0 radical (unpaired) electrons. The molecule has 0 spiro atoms. The molecule has 2 aromatic heterocycles. The van der Waals surface area contributed by atoms with Crippen LogP contribution in [0.3, 0.4) is 0 Å². The third-order valence-electron chi connectivity index (χ3n) is 5.52. The van der Waals surface area contributed by atoms with Crippen molar-refractivity contribution in [1.82, 2.24) is 9.55 Å². The van der Waals surface area contributed by atoms with Gasteiger partial charge in [0, 0.05) is 10.9 Å². The van der Waals surface area contributed by atoms with Crippen LogP contribution in [0.25, 0.3) is 21.5 Å². The van der Waals surface area contributed by atoms with Gasteiger partial charge in [-0.2, -0.15) is 4.99 Å². The van der Waals surface area contributed by atoms with E-state index >= 15 is 0 Å². The highest BCUT2D eigenvalue weighted by Crippen LogP contribution is 2.24. The lowest BCUT2D eigenvalue weighted by Gasteiger charge is -2.06. The van der Waals surface area contributed by atoms with Gasteiger partial charge in [0.15, 0.2) is 19.8 Å². The third kappa shape index (κ3) is 7.96. The Morgan fingerprint density at radius 2 is 1.74 bits per heavy atom. The molecule has 0 fully saturated rings. The van der Waals surface area contributed by atoms with Crippen molar-refractivity contribution in [3.05, 3.63) is 64.3 Å². The van der Waals surface area contributed by atoms with Crippen LogP contribution in [0.5, 0.6) is 0 Å². The van der Waals surface area contributed by atoms with Crippen molar-refractivity contribution in [2.75, 3.05) is 30.0 Å². The number of nitrogens with zero attached hydrogens (tertiary/aromatic N) is 3. The lowest BCUT2D eigenvalue weighted by molar-refractivity contribution is -0.143. The van der Waals surface area contributed by atoms with Gasteiger partial charge in [0.1, 0.15) is 18.1 Å². The number of thiazole rings is 2. The summed E-state index contributed by atoms with van der Waals surface area (Å²) in [6.07, 6.45) is 0. The molecule has 220 valence electrons. The van der Waals surface area contributed by atoms with Crippen LogP contribution in [-0.2, 0) is 40.2 Å². The minimum atomic E-state index is -4.20. The molecule has 4 rings (SSSR count). The molecular weight excluding hydrogens is 605 g/mol. The van der Waals surface area contributed by atoms with E-state index in [1.165, 1.54) is 16.7 Å². The second-order valence-corrected chi connectivity index (χ2v) is 12.6. The van der Waals surface area contributed by atoms with E-state index in [1.807, 2.05) is 30.3 Å². The fourth-order valence-electron chi connectivity index (χ4n) is 3.79. The van der Waals surface area contributed by atoms with Crippen LogP contribution in [-0.4, -0.2) is 66.4 Å². The average molecular weight is 631 g/mol. The Bertz CT molecular complexity index is 1810. The summed E-state index contributed by atoms with van der Waals surface area (Å²) in [5, 5.41) is 4.40. The predicted octanol–water partition coefficient (Wildman–Crippen LogP) is 3.05. The Balaban J connectivity index is 1.51. The molecule has 2 heterocycles. The van der Waals surface area contributed by atoms with Gasteiger partial charge in [0.05, 0.1) is 34.7 Å². The van der Waals surface area contributed by atoms with E-state index in [9.17, 15) is 27.6 Å². The number of ether oxygens (including phenoxy) is 2. The fraction of sp³-hybridized carbons (Fsp3) is 0.259. The molecule has 15 heteroatoms. The van der Waals surface area contributed by atoms with Gasteiger partial charge in [-0.05, 0) is 32.0 Å². The van der Waals surface area contributed by atoms with Gasteiger partial charge in [-0.25, -0.2) is 18.2 Å². The highest BCUT2D eigenvalue weighted by Gasteiger charge is 2.22. The van der Waals surface area contributed by atoms with Gasteiger partial charge >= 0.3 is 11.9 Å². The Morgan fingerprint density at radius 3 is 2.45 bits per heavy atom. The number of anilines is 1. The zero-order valence-corrected chi connectivity index (χ0v) is 25.0. The molecule has 0 saturated carbocycles. The number of amides is 2. The molecule has 0 aliphatic rings. The summed E-state index contributed by atoms with van der Waals surface area (Å²) in [7, 11) is -4.20. The lowest BCUT2D eigenvalue weighted by atomic mass is 10.2. The van der Waals surface area contributed by atoms with E-state index in [4.69, 9.17) is 9.47 Å². The molecule has 0 saturated heterocycles. The normalized spacial score (nSPS) is 11.8. The summed E-state index contributed by atoms with van der Waals surface area (Å²) in [5.41, 5.74) is 2.21. The topological polar surface area (TPSA) is 163 Å². The molecule has 0 aliphatic carbocycles. The number of sulfone groups is 1. The number of carbonyl (C=O) groups excluding carboxylic acids is 4. The quantitative estimate of drug-likeness (QED) is 0.245. The van der Waals surface area contributed by atoms with Crippen LogP contribution in [0.2, 0.25) is 0 Å². The lowest BCUT2D eigenvalue weighted by Crippen LogP contribution is -2.28. The number of aromatic nitrogens is 2. The number of nitrogens with one attached hydrogen (secondary N) is 1. The second kappa shape index (κ2) is 13.6. The molecule has 1 N–H and O–H groups in total. The van der Waals surface area contributed by atoms with Crippen LogP contribution < -0.4 is 10.1 Å². The Hall–Kier alpha value is -4.21.